The molecule has 2 aromatic rings. The van der Waals surface area contributed by atoms with E-state index in [4.69, 9.17) is 5.73 Å². The van der Waals surface area contributed by atoms with Crippen LogP contribution in [0.3, 0.4) is 0 Å². The first-order chi connectivity index (χ1) is 9.99. The van der Waals surface area contributed by atoms with E-state index in [-0.39, 0.29) is 11.2 Å². The van der Waals surface area contributed by atoms with Crippen molar-refractivity contribution in [1.82, 2.24) is 0 Å². The van der Waals surface area contributed by atoms with Gasteiger partial charge in [0.15, 0.2) is 0 Å². The van der Waals surface area contributed by atoms with Crippen molar-refractivity contribution < 1.29 is 4.79 Å². The lowest BCUT2D eigenvalue weighted by atomic mass is 10.1. The predicted octanol–water partition coefficient (Wildman–Crippen LogP) is 4.46. The Kier molecular flexibility index (Phi) is 5.31. The molecule has 3 N–H and O–H groups in total. The average molecular weight is 365 g/mol. The van der Waals surface area contributed by atoms with Gasteiger partial charge in [0.05, 0.1) is 5.25 Å². The number of hydrogen-bond acceptors (Lipinski definition) is 3. The van der Waals surface area contributed by atoms with E-state index >= 15 is 0 Å². The summed E-state index contributed by atoms with van der Waals surface area (Å²) in [7, 11) is 0. The van der Waals surface area contributed by atoms with Crippen molar-refractivity contribution in [3.8, 4) is 0 Å². The van der Waals surface area contributed by atoms with E-state index in [0.717, 1.165) is 20.6 Å². The summed E-state index contributed by atoms with van der Waals surface area (Å²) in [6.07, 6.45) is 0. The smallest absolute Gasteiger partial charge is 0.237 e. The lowest BCUT2D eigenvalue weighted by Gasteiger charge is -2.15. The summed E-state index contributed by atoms with van der Waals surface area (Å²) in [5.41, 5.74) is 8.19. The van der Waals surface area contributed by atoms with Crippen LogP contribution in [0.15, 0.2) is 51.8 Å². The van der Waals surface area contributed by atoms with Crippen molar-refractivity contribution in [3.05, 3.63) is 52.5 Å². The number of nitrogens with one attached hydrogen (secondary N) is 1. The quantitative estimate of drug-likeness (QED) is 0.621. The van der Waals surface area contributed by atoms with Gasteiger partial charge in [0.1, 0.15) is 0 Å². The van der Waals surface area contributed by atoms with Gasteiger partial charge in [-0.3, -0.25) is 4.79 Å². The number of rotatable bonds is 4. The number of anilines is 2. The van der Waals surface area contributed by atoms with Gasteiger partial charge in [-0.15, -0.1) is 11.8 Å². The monoisotopic (exact) mass is 364 g/mol. The van der Waals surface area contributed by atoms with Gasteiger partial charge < -0.3 is 11.1 Å². The lowest BCUT2D eigenvalue weighted by molar-refractivity contribution is -0.115. The van der Waals surface area contributed by atoms with Gasteiger partial charge >= 0.3 is 0 Å². The minimum absolute atomic E-state index is 0.0375. The maximum absolute atomic E-state index is 12.3. The van der Waals surface area contributed by atoms with Gasteiger partial charge in [-0.25, -0.2) is 0 Å². The van der Waals surface area contributed by atoms with Crippen LogP contribution >= 0.6 is 27.7 Å². The highest BCUT2D eigenvalue weighted by Gasteiger charge is 2.16. The molecular formula is C16H17BrN2OS. The molecule has 110 valence electrons. The first-order valence-electron chi connectivity index (χ1n) is 6.56. The second kappa shape index (κ2) is 7.00. The van der Waals surface area contributed by atoms with E-state index in [1.54, 1.807) is 0 Å². The standard InChI is InChI=1S/C16H17BrN2OS/c1-10-13(18)7-5-8-14(10)19-16(20)11(2)21-15-9-4-3-6-12(15)17/h3-9,11H,18H2,1-2H3,(H,19,20). The maximum atomic E-state index is 12.3. The molecule has 0 saturated heterocycles. The molecule has 1 atom stereocenters. The number of halogens is 1. The molecule has 0 heterocycles. The van der Waals surface area contributed by atoms with E-state index in [0.29, 0.717) is 5.69 Å². The molecule has 1 unspecified atom stereocenters. The number of thioether (sulfide) groups is 1. The first kappa shape index (κ1) is 15.9. The van der Waals surface area contributed by atoms with Crippen LogP contribution in [-0.4, -0.2) is 11.2 Å². The number of amides is 1. The second-order valence-corrected chi connectivity index (χ2v) is 6.94. The fourth-order valence-electron chi connectivity index (χ4n) is 1.81. The molecule has 5 heteroatoms. The summed E-state index contributed by atoms with van der Waals surface area (Å²) < 4.78 is 0.995. The average Bonchev–Trinajstić information content (AvgIpc) is 2.46. The molecule has 0 aromatic heterocycles. The molecule has 0 saturated carbocycles. The summed E-state index contributed by atoms with van der Waals surface area (Å²) in [6.45, 7) is 3.79. The maximum Gasteiger partial charge on any atom is 0.237 e. The molecule has 0 aliphatic carbocycles. The topological polar surface area (TPSA) is 55.1 Å². The van der Waals surface area contributed by atoms with Gasteiger partial charge in [0, 0.05) is 20.7 Å². The molecule has 2 aromatic carbocycles. The third-order valence-electron chi connectivity index (χ3n) is 3.14. The molecule has 0 fully saturated rings. The highest BCUT2D eigenvalue weighted by Crippen LogP contribution is 2.31. The lowest BCUT2D eigenvalue weighted by Crippen LogP contribution is -2.23. The van der Waals surface area contributed by atoms with Gasteiger partial charge in [0.2, 0.25) is 5.91 Å². The SMILES string of the molecule is Cc1c(N)cccc1NC(=O)C(C)Sc1ccccc1Br. The Morgan fingerprint density at radius 1 is 1.24 bits per heavy atom. The number of hydrogen-bond donors (Lipinski definition) is 2. The Balaban J connectivity index is 2.06. The van der Waals surface area contributed by atoms with Crippen molar-refractivity contribution in [2.24, 2.45) is 0 Å². The molecule has 0 aliphatic rings. The molecule has 21 heavy (non-hydrogen) atoms. The van der Waals surface area contributed by atoms with Crippen molar-refractivity contribution in [1.29, 1.82) is 0 Å². The third-order valence-corrected chi connectivity index (χ3v) is 5.27. The van der Waals surface area contributed by atoms with Crippen LogP contribution in [0, 0.1) is 6.92 Å². The van der Waals surface area contributed by atoms with Crippen LogP contribution in [0.4, 0.5) is 11.4 Å². The van der Waals surface area contributed by atoms with Crippen LogP contribution in [0.5, 0.6) is 0 Å². The minimum Gasteiger partial charge on any atom is -0.398 e. The second-order valence-electron chi connectivity index (χ2n) is 4.70. The number of nitrogen functional groups attached to an aromatic ring is 1. The molecule has 1 amide bonds. The molecular weight excluding hydrogens is 348 g/mol. The van der Waals surface area contributed by atoms with Crippen LogP contribution in [0.2, 0.25) is 0 Å². The summed E-state index contributed by atoms with van der Waals surface area (Å²) in [4.78, 5) is 13.3. The van der Waals surface area contributed by atoms with E-state index in [2.05, 4.69) is 21.2 Å². The normalized spacial score (nSPS) is 12.0. The fourth-order valence-corrected chi connectivity index (χ4v) is 3.26. The Labute approximate surface area is 137 Å². The highest BCUT2D eigenvalue weighted by molar-refractivity contribution is 9.10. The molecule has 0 bridgehead atoms. The van der Waals surface area contributed by atoms with Crippen LogP contribution in [0.25, 0.3) is 0 Å². The van der Waals surface area contributed by atoms with Gasteiger partial charge in [-0.2, -0.15) is 0 Å². The van der Waals surface area contributed by atoms with Crippen molar-refractivity contribution in [2.75, 3.05) is 11.1 Å². The Morgan fingerprint density at radius 3 is 2.67 bits per heavy atom. The van der Waals surface area contributed by atoms with Crippen LogP contribution < -0.4 is 11.1 Å². The van der Waals surface area contributed by atoms with E-state index in [1.807, 2.05) is 56.3 Å². The van der Waals surface area contributed by atoms with E-state index < -0.39 is 0 Å². The number of carbonyl (C=O) groups is 1. The largest absolute Gasteiger partial charge is 0.398 e. The molecule has 0 spiro atoms. The zero-order valence-electron chi connectivity index (χ0n) is 11.9. The zero-order valence-corrected chi connectivity index (χ0v) is 14.3. The molecule has 2 rings (SSSR count). The van der Waals surface area contributed by atoms with Crippen LogP contribution in [0.1, 0.15) is 12.5 Å². The van der Waals surface area contributed by atoms with Gasteiger partial charge in [-0.1, -0.05) is 18.2 Å². The Hall–Kier alpha value is -1.46. The Morgan fingerprint density at radius 2 is 1.95 bits per heavy atom. The Bertz CT molecular complexity index is 660. The van der Waals surface area contributed by atoms with Gasteiger partial charge in [-0.05, 0) is 59.6 Å². The minimum atomic E-state index is -0.204. The zero-order chi connectivity index (χ0) is 15.4. The predicted molar refractivity (Wildman–Crippen MR) is 93.7 cm³/mol. The van der Waals surface area contributed by atoms with E-state index in [1.165, 1.54) is 11.8 Å². The third kappa shape index (κ3) is 4.02. The van der Waals surface area contributed by atoms with Crippen molar-refractivity contribution in [2.45, 2.75) is 24.0 Å². The summed E-state index contributed by atoms with van der Waals surface area (Å²) >= 11 is 5.01. The number of carbonyl (C=O) groups excluding carboxylic acids is 1. The fraction of sp³-hybridized carbons (Fsp3) is 0.188. The number of benzene rings is 2. The molecule has 0 radical (unpaired) electrons. The molecule has 3 nitrogen and oxygen atoms in total. The van der Waals surface area contributed by atoms with Gasteiger partial charge in [0.25, 0.3) is 0 Å². The van der Waals surface area contributed by atoms with Crippen molar-refractivity contribution >= 4 is 45.0 Å². The number of nitrogens with two attached hydrogens (primary N) is 1. The highest BCUT2D eigenvalue weighted by atomic mass is 79.9. The van der Waals surface area contributed by atoms with Crippen LogP contribution in [-0.2, 0) is 4.79 Å². The summed E-state index contributed by atoms with van der Waals surface area (Å²) in [6, 6.07) is 13.4. The summed E-state index contributed by atoms with van der Waals surface area (Å²) in [5, 5.41) is 2.73. The summed E-state index contributed by atoms with van der Waals surface area (Å²) in [5.74, 6) is -0.0375. The molecule has 0 aliphatic heterocycles. The first-order valence-corrected chi connectivity index (χ1v) is 8.23. The van der Waals surface area contributed by atoms with Crippen molar-refractivity contribution in [3.63, 3.8) is 0 Å². The van der Waals surface area contributed by atoms with E-state index in [9.17, 15) is 4.79 Å².